The maximum Gasteiger partial charge on any atom is 0.419 e. The van der Waals surface area contributed by atoms with Gasteiger partial charge in [0.25, 0.3) is 0 Å². The second-order valence-electron chi connectivity index (χ2n) is 3.84. The van der Waals surface area contributed by atoms with Crippen molar-refractivity contribution in [2.24, 2.45) is 0 Å². The quantitative estimate of drug-likeness (QED) is 0.784. The Morgan fingerprint density at radius 2 is 2.06 bits per heavy atom. The van der Waals surface area contributed by atoms with Crippen molar-refractivity contribution in [3.8, 4) is 0 Å². The van der Waals surface area contributed by atoms with Crippen LogP contribution in [0.1, 0.15) is 12.5 Å². The van der Waals surface area contributed by atoms with Crippen LogP contribution in [0.5, 0.6) is 0 Å². The molecule has 0 aliphatic carbocycles. The van der Waals surface area contributed by atoms with Crippen molar-refractivity contribution in [1.29, 1.82) is 0 Å². The zero-order chi connectivity index (χ0) is 13.1. The molecule has 3 nitrogen and oxygen atoms in total. The predicted octanol–water partition coefficient (Wildman–Crippen LogP) is 1.42. The summed E-state index contributed by atoms with van der Waals surface area (Å²) < 4.78 is 6.70. The molecule has 4 heteroatoms. The normalized spacial score (nSPS) is 12.0. The van der Waals surface area contributed by atoms with E-state index < -0.39 is 0 Å². The van der Waals surface area contributed by atoms with E-state index in [1.807, 2.05) is 43.5 Å². The second kappa shape index (κ2) is 5.31. The van der Waals surface area contributed by atoms with Gasteiger partial charge in [-0.1, -0.05) is 18.7 Å². The highest BCUT2D eigenvalue weighted by molar-refractivity contribution is 7.98. The Morgan fingerprint density at radius 3 is 2.56 bits per heavy atom. The van der Waals surface area contributed by atoms with Gasteiger partial charge in [0.2, 0.25) is 0 Å². The lowest BCUT2D eigenvalue weighted by atomic mass is 10.2. The van der Waals surface area contributed by atoms with Crippen LogP contribution >= 0.6 is 11.8 Å². The summed E-state index contributed by atoms with van der Waals surface area (Å²) in [6.07, 6.45) is 3.87. The van der Waals surface area contributed by atoms with E-state index >= 15 is 0 Å². The summed E-state index contributed by atoms with van der Waals surface area (Å²) in [7, 11) is 0. The van der Waals surface area contributed by atoms with Crippen LogP contribution in [-0.2, 0) is 6.54 Å². The lowest BCUT2D eigenvalue weighted by Crippen LogP contribution is -2.30. The number of oxazole rings is 1. The van der Waals surface area contributed by atoms with Gasteiger partial charge in [-0.2, -0.15) is 0 Å². The summed E-state index contributed by atoms with van der Waals surface area (Å²) in [6.45, 7) is 6.34. The van der Waals surface area contributed by atoms with Crippen LogP contribution in [0, 0.1) is 0 Å². The van der Waals surface area contributed by atoms with Crippen LogP contribution in [0.25, 0.3) is 12.7 Å². The molecule has 1 aromatic heterocycles. The molecule has 2 aromatic rings. The molecule has 0 bridgehead atoms. The molecule has 94 valence electrons. The smallest absolute Gasteiger partial charge is 0.408 e. The molecule has 0 unspecified atom stereocenters. The van der Waals surface area contributed by atoms with E-state index in [2.05, 4.69) is 6.58 Å². The fraction of sp³-hybridized carbons (Fsp3) is 0.214. The van der Waals surface area contributed by atoms with E-state index in [1.165, 1.54) is 9.46 Å². The van der Waals surface area contributed by atoms with Crippen LogP contribution in [0.15, 0.2) is 38.4 Å². The number of nitrogens with zero attached hydrogens (tertiary/aromatic N) is 1. The molecule has 0 N–H and O–H groups in total. The summed E-state index contributed by atoms with van der Waals surface area (Å²) in [5.74, 6) is -0.352. The number of hydrogen-bond donors (Lipinski definition) is 0. The summed E-state index contributed by atoms with van der Waals surface area (Å²) in [5.41, 5.74) is 1.52. The molecule has 0 saturated carbocycles. The lowest BCUT2D eigenvalue weighted by Gasteiger charge is -1.95. The Morgan fingerprint density at radius 1 is 1.39 bits per heavy atom. The third kappa shape index (κ3) is 2.43. The number of aromatic nitrogens is 1. The molecule has 0 fully saturated rings. The Kier molecular flexibility index (Phi) is 3.77. The average molecular weight is 261 g/mol. The van der Waals surface area contributed by atoms with Gasteiger partial charge in [-0.3, -0.25) is 4.57 Å². The molecule has 0 amide bonds. The molecule has 0 aliphatic rings. The van der Waals surface area contributed by atoms with Gasteiger partial charge >= 0.3 is 5.76 Å². The zero-order valence-electron chi connectivity index (χ0n) is 10.5. The van der Waals surface area contributed by atoms with Crippen LogP contribution in [0.2, 0.25) is 0 Å². The van der Waals surface area contributed by atoms with Crippen molar-refractivity contribution in [1.82, 2.24) is 4.57 Å². The molecule has 0 atom stereocenters. The fourth-order valence-corrected chi connectivity index (χ4v) is 2.14. The van der Waals surface area contributed by atoms with Gasteiger partial charge in [0.05, 0.1) is 5.35 Å². The molecular weight excluding hydrogens is 246 g/mol. The first-order valence-electron chi connectivity index (χ1n) is 5.70. The molecular formula is C14H15NO2S. The Labute approximate surface area is 109 Å². The molecule has 1 heterocycles. The Hall–Kier alpha value is -1.68. The van der Waals surface area contributed by atoms with Crippen LogP contribution in [0.4, 0.5) is 0 Å². The summed E-state index contributed by atoms with van der Waals surface area (Å²) >= 11 is 1.69. The van der Waals surface area contributed by atoms with Gasteiger partial charge in [0.1, 0.15) is 0 Å². The lowest BCUT2D eigenvalue weighted by molar-refractivity contribution is 0.462. The zero-order valence-corrected chi connectivity index (χ0v) is 11.3. The topological polar surface area (TPSA) is 35.1 Å². The summed E-state index contributed by atoms with van der Waals surface area (Å²) in [5, 5.41) is 0.622. The summed E-state index contributed by atoms with van der Waals surface area (Å²) in [6, 6.07) is 8.06. The number of hydrogen-bond acceptors (Lipinski definition) is 3. The monoisotopic (exact) mass is 261 g/mol. The second-order valence-corrected chi connectivity index (χ2v) is 4.72. The standard InChI is InChI=1S/C14H15NO2S/c1-4-15-10(2)13(17-14(15)16)9-11-5-7-12(18-3)8-6-11/h5-9H,2,4H2,1,3H3/b13-9+. The fourth-order valence-electron chi connectivity index (χ4n) is 1.74. The molecule has 0 spiro atoms. The first-order chi connectivity index (χ1) is 8.65. The van der Waals surface area contributed by atoms with Crippen molar-refractivity contribution in [2.45, 2.75) is 18.4 Å². The largest absolute Gasteiger partial charge is 0.419 e. The highest BCUT2D eigenvalue weighted by Crippen LogP contribution is 2.14. The number of rotatable bonds is 3. The van der Waals surface area contributed by atoms with Gasteiger partial charge in [0.15, 0.2) is 5.42 Å². The number of thioether (sulfide) groups is 1. The van der Waals surface area contributed by atoms with E-state index in [9.17, 15) is 4.79 Å². The van der Waals surface area contributed by atoms with Gasteiger partial charge < -0.3 is 4.42 Å². The maximum atomic E-state index is 11.5. The molecule has 18 heavy (non-hydrogen) atoms. The molecule has 0 aliphatic heterocycles. The average Bonchev–Trinajstić information content (AvgIpc) is 2.65. The Bertz CT molecular complexity index is 695. The van der Waals surface area contributed by atoms with E-state index in [0.717, 1.165) is 5.56 Å². The van der Waals surface area contributed by atoms with Crippen molar-refractivity contribution in [3.05, 3.63) is 51.1 Å². The minimum atomic E-state index is -0.352. The first-order valence-corrected chi connectivity index (χ1v) is 6.92. The van der Waals surface area contributed by atoms with Gasteiger partial charge in [-0.15, -0.1) is 11.8 Å². The van der Waals surface area contributed by atoms with Crippen LogP contribution in [-0.4, -0.2) is 10.8 Å². The highest BCUT2D eigenvalue weighted by Gasteiger charge is 2.01. The minimum absolute atomic E-state index is 0.352. The SMILES string of the molecule is C=c1/c(=C\c2ccc(SC)cc2)oc(=O)n1CC. The van der Waals surface area contributed by atoms with Crippen LogP contribution < -0.4 is 16.5 Å². The summed E-state index contributed by atoms with van der Waals surface area (Å²) in [4.78, 5) is 12.7. The van der Waals surface area contributed by atoms with E-state index in [-0.39, 0.29) is 5.76 Å². The number of benzene rings is 1. The van der Waals surface area contributed by atoms with Crippen LogP contribution in [0.3, 0.4) is 0 Å². The first kappa shape index (κ1) is 12.8. The third-order valence-electron chi connectivity index (χ3n) is 2.76. The molecule has 1 aromatic carbocycles. The van der Waals surface area contributed by atoms with E-state index in [1.54, 1.807) is 11.8 Å². The predicted molar refractivity (Wildman–Crippen MR) is 75.2 cm³/mol. The van der Waals surface area contributed by atoms with E-state index in [4.69, 9.17) is 4.42 Å². The minimum Gasteiger partial charge on any atom is -0.408 e. The maximum absolute atomic E-state index is 11.5. The Balaban J connectivity index is 2.50. The van der Waals surface area contributed by atoms with Crippen molar-refractivity contribution >= 4 is 24.4 Å². The molecule has 0 saturated heterocycles. The molecule has 0 radical (unpaired) electrons. The van der Waals surface area contributed by atoms with E-state index in [0.29, 0.717) is 17.3 Å². The van der Waals surface area contributed by atoms with Crippen molar-refractivity contribution in [2.75, 3.05) is 6.26 Å². The third-order valence-corrected chi connectivity index (χ3v) is 3.50. The van der Waals surface area contributed by atoms with Crippen molar-refractivity contribution < 1.29 is 4.42 Å². The van der Waals surface area contributed by atoms with Crippen molar-refractivity contribution in [3.63, 3.8) is 0 Å². The van der Waals surface area contributed by atoms with Gasteiger partial charge in [0, 0.05) is 11.4 Å². The highest BCUT2D eigenvalue weighted by atomic mass is 32.2. The van der Waals surface area contributed by atoms with Gasteiger partial charge in [-0.25, -0.2) is 4.79 Å². The van der Waals surface area contributed by atoms with Gasteiger partial charge in [-0.05, 0) is 37.0 Å². The molecule has 2 rings (SSSR count).